The van der Waals surface area contributed by atoms with Crippen molar-refractivity contribution in [2.75, 3.05) is 25.5 Å². The van der Waals surface area contributed by atoms with E-state index in [9.17, 15) is 8.78 Å². The molecule has 31 heavy (non-hydrogen) atoms. The molecule has 2 aromatic rings. The summed E-state index contributed by atoms with van der Waals surface area (Å²) in [4.78, 5) is 2.53. The zero-order valence-corrected chi connectivity index (χ0v) is 19.3. The third kappa shape index (κ3) is 3.66. The summed E-state index contributed by atoms with van der Waals surface area (Å²) in [6, 6.07) is 10.9. The molecule has 1 heterocycles. The number of nitrogens with zero attached hydrogens (tertiary/aromatic N) is 1. The zero-order chi connectivity index (χ0) is 22.4. The van der Waals surface area contributed by atoms with Gasteiger partial charge in [-0.25, -0.2) is 8.78 Å². The van der Waals surface area contributed by atoms with E-state index < -0.39 is 11.6 Å². The Labute approximate surface area is 184 Å². The second-order valence-corrected chi connectivity index (χ2v) is 9.92. The number of likely N-dealkylation sites (tertiary alicyclic amines) is 1. The first kappa shape index (κ1) is 22.2. The van der Waals surface area contributed by atoms with Gasteiger partial charge in [0.05, 0.1) is 12.7 Å². The van der Waals surface area contributed by atoms with Gasteiger partial charge < -0.3 is 10.1 Å². The number of benzene rings is 2. The van der Waals surface area contributed by atoms with Gasteiger partial charge in [0.1, 0.15) is 11.6 Å². The van der Waals surface area contributed by atoms with Crippen LogP contribution in [0.1, 0.15) is 50.8 Å². The van der Waals surface area contributed by atoms with E-state index in [1.165, 1.54) is 35.0 Å². The Morgan fingerprint density at radius 1 is 1.13 bits per heavy atom. The van der Waals surface area contributed by atoms with Crippen molar-refractivity contribution in [1.82, 2.24) is 4.90 Å². The molecule has 1 N–H and O–H groups in total. The van der Waals surface area contributed by atoms with Crippen LogP contribution in [-0.4, -0.2) is 37.2 Å². The van der Waals surface area contributed by atoms with Crippen LogP contribution < -0.4 is 5.32 Å². The summed E-state index contributed by atoms with van der Waals surface area (Å²) in [5.74, 6) is -1.10. The molecule has 1 saturated heterocycles. The number of hydrogen-bond donors (Lipinski definition) is 1. The largest absolute Gasteiger partial charge is 0.388 e. The Kier molecular flexibility index (Phi) is 5.86. The standard InChI is InChI=1S/C26H34F2N2O/c1-17(31-16-19-21(27)9-7-10-22(19)28)15-30-13-12-26(4)20-8-6-11-23(29-5)18(20)14-24(30)25(26,2)3/h6-11,17,24,29H,12-16H2,1-5H3/t17?,24-,26+/m1/s1. The molecule has 3 atom stereocenters. The number of halogens is 2. The fourth-order valence-electron chi connectivity index (χ4n) is 5.78. The van der Waals surface area contributed by atoms with E-state index in [0.717, 1.165) is 25.9 Å². The van der Waals surface area contributed by atoms with E-state index >= 15 is 0 Å². The SMILES string of the molecule is CNc1cccc2c1C[C@H]1N(CC(C)OCc3c(F)cccc3F)CC[C@]2(C)C1(C)C. The lowest BCUT2D eigenvalue weighted by Gasteiger charge is -2.61. The predicted octanol–water partition coefficient (Wildman–Crippen LogP) is 5.53. The molecule has 1 fully saturated rings. The lowest BCUT2D eigenvalue weighted by atomic mass is 9.51. The molecule has 2 bridgehead atoms. The van der Waals surface area contributed by atoms with E-state index in [4.69, 9.17) is 4.74 Å². The average Bonchev–Trinajstić information content (AvgIpc) is 2.72. The van der Waals surface area contributed by atoms with E-state index in [1.54, 1.807) is 0 Å². The van der Waals surface area contributed by atoms with Crippen LogP contribution in [0.25, 0.3) is 0 Å². The van der Waals surface area contributed by atoms with Crippen molar-refractivity contribution in [3.05, 3.63) is 64.7 Å². The molecule has 1 unspecified atom stereocenters. The van der Waals surface area contributed by atoms with Crippen molar-refractivity contribution >= 4 is 5.69 Å². The lowest BCUT2D eigenvalue weighted by Crippen LogP contribution is -2.64. The summed E-state index contributed by atoms with van der Waals surface area (Å²) in [7, 11) is 1.99. The topological polar surface area (TPSA) is 24.5 Å². The lowest BCUT2D eigenvalue weighted by molar-refractivity contribution is -0.0651. The maximum Gasteiger partial charge on any atom is 0.131 e. The fourth-order valence-corrected chi connectivity index (χ4v) is 5.78. The molecule has 3 nitrogen and oxygen atoms in total. The number of fused-ring (bicyclic) bond motifs is 4. The Balaban J connectivity index is 1.52. The molecule has 168 valence electrons. The molecule has 1 aliphatic heterocycles. The zero-order valence-electron chi connectivity index (χ0n) is 19.3. The van der Waals surface area contributed by atoms with Crippen molar-refractivity contribution in [1.29, 1.82) is 0 Å². The van der Waals surface area contributed by atoms with Crippen LogP contribution in [0.5, 0.6) is 0 Å². The van der Waals surface area contributed by atoms with E-state index in [-0.39, 0.29) is 29.1 Å². The quantitative estimate of drug-likeness (QED) is 0.655. The van der Waals surface area contributed by atoms with Crippen molar-refractivity contribution in [3.8, 4) is 0 Å². The van der Waals surface area contributed by atoms with Gasteiger partial charge in [-0.2, -0.15) is 0 Å². The summed E-state index contributed by atoms with van der Waals surface area (Å²) in [6.45, 7) is 10.9. The Hall–Kier alpha value is -1.98. The first-order valence-corrected chi connectivity index (χ1v) is 11.3. The van der Waals surface area contributed by atoms with Gasteiger partial charge in [-0.3, -0.25) is 4.90 Å². The fraction of sp³-hybridized carbons (Fsp3) is 0.538. The van der Waals surface area contributed by atoms with Gasteiger partial charge in [0.15, 0.2) is 0 Å². The molecule has 1 aliphatic carbocycles. The van der Waals surface area contributed by atoms with E-state index in [0.29, 0.717) is 6.04 Å². The molecule has 0 amide bonds. The maximum absolute atomic E-state index is 13.9. The smallest absolute Gasteiger partial charge is 0.131 e. The van der Waals surface area contributed by atoms with Crippen molar-refractivity contribution < 1.29 is 13.5 Å². The van der Waals surface area contributed by atoms with Crippen LogP contribution in [0.4, 0.5) is 14.5 Å². The molecular formula is C26H34F2N2O. The average molecular weight is 429 g/mol. The van der Waals surface area contributed by atoms with Crippen LogP contribution >= 0.6 is 0 Å². The minimum absolute atomic E-state index is 0.00570. The monoisotopic (exact) mass is 428 g/mol. The molecule has 2 aliphatic rings. The number of anilines is 1. The van der Waals surface area contributed by atoms with Crippen molar-refractivity contribution in [2.24, 2.45) is 5.41 Å². The summed E-state index contributed by atoms with van der Waals surface area (Å²) in [6.07, 6.45) is 1.94. The molecule has 0 aromatic heterocycles. The molecular weight excluding hydrogens is 394 g/mol. The summed E-state index contributed by atoms with van der Waals surface area (Å²) < 4.78 is 33.8. The molecule has 4 rings (SSSR count). The summed E-state index contributed by atoms with van der Waals surface area (Å²) in [5.41, 5.74) is 4.32. The first-order chi connectivity index (χ1) is 14.7. The highest BCUT2D eigenvalue weighted by Gasteiger charge is 2.56. The van der Waals surface area contributed by atoms with Crippen LogP contribution in [0.2, 0.25) is 0 Å². The normalized spacial score (nSPS) is 25.7. The Morgan fingerprint density at radius 2 is 1.81 bits per heavy atom. The van der Waals surface area contributed by atoms with Crippen molar-refractivity contribution in [3.63, 3.8) is 0 Å². The van der Waals surface area contributed by atoms with Gasteiger partial charge in [0.2, 0.25) is 0 Å². The highest BCUT2D eigenvalue weighted by atomic mass is 19.1. The molecule has 5 heteroatoms. The molecule has 0 spiro atoms. The van der Waals surface area contributed by atoms with Gasteiger partial charge in [0.25, 0.3) is 0 Å². The molecule has 2 aromatic carbocycles. The highest BCUT2D eigenvalue weighted by Crippen LogP contribution is 2.56. The number of piperidine rings is 1. The molecule has 0 saturated carbocycles. The maximum atomic E-state index is 13.9. The first-order valence-electron chi connectivity index (χ1n) is 11.3. The number of ether oxygens (including phenoxy) is 1. The summed E-state index contributed by atoms with van der Waals surface area (Å²) >= 11 is 0. The highest BCUT2D eigenvalue weighted by molar-refractivity contribution is 5.59. The van der Waals surface area contributed by atoms with Crippen LogP contribution in [0.3, 0.4) is 0 Å². The van der Waals surface area contributed by atoms with Crippen LogP contribution in [0.15, 0.2) is 36.4 Å². The van der Waals surface area contributed by atoms with Gasteiger partial charge in [0, 0.05) is 36.3 Å². The second-order valence-electron chi connectivity index (χ2n) is 9.92. The van der Waals surface area contributed by atoms with Gasteiger partial charge in [-0.05, 0) is 61.1 Å². The van der Waals surface area contributed by atoms with Gasteiger partial charge in [-0.15, -0.1) is 0 Å². The van der Waals surface area contributed by atoms with Gasteiger partial charge in [-0.1, -0.05) is 39.0 Å². The number of nitrogens with one attached hydrogen (secondary N) is 1. The minimum atomic E-state index is -0.550. The van der Waals surface area contributed by atoms with E-state index in [1.807, 2.05) is 14.0 Å². The Morgan fingerprint density at radius 3 is 2.48 bits per heavy atom. The molecule has 0 radical (unpaired) electrons. The van der Waals surface area contributed by atoms with Crippen LogP contribution in [-0.2, 0) is 23.2 Å². The van der Waals surface area contributed by atoms with Crippen LogP contribution in [0, 0.1) is 17.0 Å². The van der Waals surface area contributed by atoms with Crippen molar-refractivity contribution in [2.45, 2.75) is 64.7 Å². The number of rotatable bonds is 6. The second kappa shape index (κ2) is 8.18. The van der Waals surface area contributed by atoms with Gasteiger partial charge >= 0.3 is 0 Å². The number of hydrogen-bond acceptors (Lipinski definition) is 3. The third-order valence-electron chi connectivity index (χ3n) is 8.10. The third-order valence-corrected chi connectivity index (χ3v) is 8.10. The Bertz CT molecular complexity index is 940. The van der Waals surface area contributed by atoms with E-state index in [2.05, 4.69) is 49.2 Å². The minimum Gasteiger partial charge on any atom is -0.388 e. The summed E-state index contributed by atoms with van der Waals surface area (Å²) in [5, 5.41) is 3.38. The predicted molar refractivity (Wildman–Crippen MR) is 121 cm³/mol.